The van der Waals surface area contributed by atoms with Gasteiger partial charge in [0.1, 0.15) is 6.04 Å². The number of amides is 1. The fourth-order valence-corrected chi connectivity index (χ4v) is 2.55. The van der Waals surface area contributed by atoms with Crippen molar-refractivity contribution in [1.29, 1.82) is 0 Å². The molecule has 1 heterocycles. The molecule has 2 rings (SSSR count). The third kappa shape index (κ3) is 2.96. The van der Waals surface area contributed by atoms with E-state index < -0.39 is 0 Å². The lowest BCUT2D eigenvalue weighted by molar-refractivity contribution is -0.143. The van der Waals surface area contributed by atoms with Crippen molar-refractivity contribution in [1.82, 2.24) is 9.80 Å². The highest BCUT2D eigenvalue weighted by molar-refractivity contribution is 5.83. The molecule has 1 fully saturated rings. The smallest absolute Gasteiger partial charge is 0.241 e. The summed E-state index contributed by atoms with van der Waals surface area (Å²) in [4.78, 5) is 16.4. The molecule has 1 aliphatic heterocycles. The van der Waals surface area contributed by atoms with Crippen LogP contribution in [0.25, 0.3) is 0 Å². The second kappa shape index (κ2) is 5.72. The van der Waals surface area contributed by atoms with Gasteiger partial charge in [0.05, 0.1) is 0 Å². The third-order valence-electron chi connectivity index (χ3n) is 3.99. The molecule has 104 valence electrons. The van der Waals surface area contributed by atoms with E-state index in [9.17, 15) is 4.79 Å². The Kier molecular flexibility index (Phi) is 4.22. The third-order valence-corrected chi connectivity index (χ3v) is 3.99. The van der Waals surface area contributed by atoms with Gasteiger partial charge in [0.15, 0.2) is 0 Å². The number of rotatable bonds is 3. The summed E-state index contributed by atoms with van der Waals surface area (Å²) in [6.07, 6.45) is 0. The Labute approximate surface area is 115 Å². The average molecular weight is 261 g/mol. The van der Waals surface area contributed by atoms with Crippen molar-refractivity contribution in [2.45, 2.75) is 32.5 Å². The first-order valence-corrected chi connectivity index (χ1v) is 6.79. The van der Waals surface area contributed by atoms with Gasteiger partial charge in [-0.3, -0.25) is 9.69 Å². The van der Waals surface area contributed by atoms with Gasteiger partial charge >= 0.3 is 0 Å². The molecule has 2 unspecified atom stereocenters. The minimum Gasteiger partial charge on any atom is -0.335 e. The molecular formula is C15H23N3O. The van der Waals surface area contributed by atoms with E-state index in [2.05, 4.69) is 43.0 Å². The van der Waals surface area contributed by atoms with Crippen LogP contribution >= 0.6 is 0 Å². The number of aryl methyl sites for hydroxylation is 1. The summed E-state index contributed by atoms with van der Waals surface area (Å²) < 4.78 is 0. The van der Waals surface area contributed by atoms with Gasteiger partial charge < -0.3 is 10.6 Å². The van der Waals surface area contributed by atoms with Gasteiger partial charge in [-0.2, -0.15) is 0 Å². The van der Waals surface area contributed by atoms with Crippen molar-refractivity contribution >= 4 is 5.91 Å². The van der Waals surface area contributed by atoms with Crippen molar-refractivity contribution in [3.05, 3.63) is 35.4 Å². The van der Waals surface area contributed by atoms with Crippen LogP contribution in [0.2, 0.25) is 0 Å². The monoisotopic (exact) mass is 261 g/mol. The van der Waals surface area contributed by atoms with Gasteiger partial charge in [-0.15, -0.1) is 0 Å². The number of carbonyl (C=O) groups excluding carboxylic acids is 1. The van der Waals surface area contributed by atoms with Gasteiger partial charge in [0, 0.05) is 25.7 Å². The molecule has 1 aromatic rings. The van der Waals surface area contributed by atoms with Crippen LogP contribution in [0, 0.1) is 6.92 Å². The second-order valence-electron chi connectivity index (χ2n) is 5.47. The van der Waals surface area contributed by atoms with Crippen LogP contribution in [-0.2, 0) is 11.3 Å². The normalized spacial score (nSPS) is 24.8. The van der Waals surface area contributed by atoms with Crippen molar-refractivity contribution in [2.75, 3.05) is 20.1 Å². The van der Waals surface area contributed by atoms with Crippen LogP contribution in [0.4, 0.5) is 0 Å². The highest BCUT2D eigenvalue weighted by Gasteiger charge is 2.35. The fraction of sp³-hybridized carbons (Fsp3) is 0.533. The van der Waals surface area contributed by atoms with Crippen LogP contribution in [0.3, 0.4) is 0 Å². The zero-order valence-electron chi connectivity index (χ0n) is 12.0. The summed E-state index contributed by atoms with van der Waals surface area (Å²) in [6, 6.07) is 8.50. The van der Waals surface area contributed by atoms with Crippen molar-refractivity contribution in [2.24, 2.45) is 5.73 Å². The number of likely N-dealkylation sites (N-methyl/N-ethyl adjacent to an activating group) is 1. The number of nitrogens with two attached hydrogens (primary N) is 1. The van der Waals surface area contributed by atoms with Crippen LogP contribution in [0.15, 0.2) is 24.3 Å². The van der Waals surface area contributed by atoms with Gasteiger partial charge in [0.2, 0.25) is 5.91 Å². The van der Waals surface area contributed by atoms with Gasteiger partial charge in [-0.05, 0) is 26.5 Å². The van der Waals surface area contributed by atoms with Crippen LogP contribution in [-0.4, -0.2) is 47.9 Å². The molecule has 2 atom stereocenters. The predicted molar refractivity (Wildman–Crippen MR) is 76.7 cm³/mol. The maximum atomic E-state index is 12.4. The lowest BCUT2D eigenvalue weighted by Gasteiger charge is -2.42. The molecule has 19 heavy (non-hydrogen) atoms. The number of piperazine rings is 1. The van der Waals surface area contributed by atoms with Gasteiger partial charge in [-0.25, -0.2) is 0 Å². The van der Waals surface area contributed by atoms with E-state index in [0.717, 1.165) is 6.54 Å². The largest absolute Gasteiger partial charge is 0.335 e. The van der Waals surface area contributed by atoms with E-state index in [-0.39, 0.29) is 11.9 Å². The minimum absolute atomic E-state index is 0.142. The van der Waals surface area contributed by atoms with E-state index in [1.165, 1.54) is 11.1 Å². The lowest BCUT2D eigenvalue weighted by Crippen LogP contribution is -2.61. The number of hydrogen-bond acceptors (Lipinski definition) is 3. The predicted octanol–water partition coefficient (Wildman–Crippen LogP) is 0.985. The number of benzene rings is 1. The van der Waals surface area contributed by atoms with Crippen molar-refractivity contribution in [3.63, 3.8) is 0 Å². The summed E-state index contributed by atoms with van der Waals surface area (Å²) >= 11 is 0. The van der Waals surface area contributed by atoms with E-state index in [4.69, 9.17) is 5.73 Å². The zero-order chi connectivity index (χ0) is 14.0. The molecule has 1 aliphatic rings. The van der Waals surface area contributed by atoms with Gasteiger partial charge in [0.25, 0.3) is 0 Å². The molecule has 4 nitrogen and oxygen atoms in total. The molecule has 1 aromatic carbocycles. The average Bonchev–Trinajstić information content (AvgIpc) is 2.39. The zero-order valence-corrected chi connectivity index (χ0v) is 12.0. The van der Waals surface area contributed by atoms with E-state index in [1.807, 2.05) is 11.9 Å². The Morgan fingerprint density at radius 2 is 1.95 bits per heavy atom. The molecule has 0 aromatic heterocycles. The Hall–Kier alpha value is -1.39. The maximum absolute atomic E-state index is 12.4. The van der Waals surface area contributed by atoms with E-state index in [1.54, 1.807) is 0 Å². The van der Waals surface area contributed by atoms with Crippen molar-refractivity contribution in [3.8, 4) is 0 Å². The summed E-state index contributed by atoms with van der Waals surface area (Å²) in [6.45, 7) is 6.02. The molecule has 0 aliphatic carbocycles. The molecule has 1 amide bonds. The Morgan fingerprint density at radius 3 is 2.53 bits per heavy atom. The first-order chi connectivity index (χ1) is 9.02. The first-order valence-electron chi connectivity index (χ1n) is 6.79. The van der Waals surface area contributed by atoms with Gasteiger partial charge in [-0.1, -0.05) is 29.8 Å². The molecule has 0 radical (unpaired) electrons. The standard InChI is InChI=1S/C15H23N3O/c1-11-4-6-13(7-5-11)10-18-9-12(2)17(3)14(8-16)15(18)19/h4-7,12,14H,8-10,16H2,1-3H3. The summed E-state index contributed by atoms with van der Waals surface area (Å²) in [5, 5.41) is 0. The molecule has 1 saturated heterocycles. The minimum atomic E-state index is -0.186. The number of hydrogen-bond donors (Lipinski definition) is 1. The highest BCUT2D eigenvalue weighted by Crippen LogP contribution is 2.17. The lowest BCUT2D eigenvalue weighted by atomic mass is 10.1. The topological polar surface area (TPSA) is 49.6 Å². The van der Waals surface area contributed by atoms with Crippen LogP contribution < -0.4 is 5.73 Å². The van der Waals surface area contributed by atoms with E-state index >= 15 is 0 Å². The number of nitrogens with zero attached hydrogens (tertiary/aromatic N) is 2. The maximum Gasteiger partial charge on any atom is 0.241 e. The Morgan fingerprint density at radius 1 is 1.32 bits per heavy atom. The number of carbonyl (C=O) groups is 1. The molecule has 0 spiro atoms. The fourth-order valence-electron chi connectivity index (χ4n) is 2.55. The van der Waals surface area contributed by atoms with Crippen molar-refractivity contribution < 1.29 is 4.79 Å². The Balaban J connectivity index is 2.11. The van der Waals surface area contributed by atoms with E-state index in [0.29, 0.717) is 19.1 Å². The molecule has 4 heteroatoms. The summed E-state index contributed by atoms with van der Waals surface area (Å²) in [5.41, 5.74) is 8.14. The van der Waals surface area contributed by atoms with Crippen LogP contribution in [0.5, 0.6) is 0 Å². The molecule has 0 saturated carbocycles. The first kappa shape index (κ1) is 14.0. The Bertz CT molecular complexity index is 443. The molecule has 2 N–H and O–H groups in total. The summed E-state index contributed by atoms with van der Waals surface area (Å²) in [7, 11) is 1.98. The molecular weight excluding hydrogens is 238 g/mol. The second-order valence-corrected chi connectivity index (χ2v) is 5.47. The highest BCUT2D eigenvalue weighted by atomic mass is 16.2. The molecule has 0 bridgehead atoms. The van der Waals surface area contributed by atoms with Crippen LogP contribution in [0.1, 0.15) is 18.1 Å². The summed E-state index contributed by atoms with van der Waals surface area (Å²) in [5.74, 6) is 0.142. The SMILES string of the molecule is Cc1ccc(CN2CC(C)N(C)C(CN)C2=O)cc1. The quantitative estimate of drug-likeness (QED) is 0.882.